The number of methoxy groups -OCH3 is 1. The van der Waals surface area contributed by atoms with Gasteiger partial charge in [0.15, 0.2) is 0 Å². The molecule has 3 aromatic heterocycles. The summed E-state index contributed by atoms with van der Waals surface area (Å²) in [6, 6.07) is 6.30. The predicted molar refractivity (Wildman–Crippen MR) is 103 cm³/mol. The fourth-order valence-electron chi connectivity index (χ4n) is 3.08. The normalized spacial score (nSPS) is 12.9. The van der Waals surface area contributed by atoms with Crippen molar-refractivity contribution in [3.63, 3.8) is 0 Å². The summed E-state index contributed by atoms with van der Waals surface area (Å²) in [5, 5.41) is 0.635. The van der Waals surface area contributed by atoms with E-state index in [9.17, 15) is 0 Å². The average Bonchev–Trinajstić information content (AvgIpc) is 2.90. The van der Waals surface area contributed by atoms with Crippen LogP contribution in [0.25, 0.3) is 22.3 Å². The first kappa shape index (κ1) is 17.9. The van der Waals surface area contributed by atoms with E-state index in [1.54, 1.807) is 7.11 Å². The van der Waals surface area contributed by atoms with Crippen molar-refractivity contribution in [3.05, 3.63) is 46.9 Å². The molecule has 3 heterocycles. The van der Waals surface area contributed by atoms with E-state index >= 15 is 0 Å². The zero-order valence-electron chi connectivity index (χ0n) is 15.4. The highest BCUT2D eigenvalue weighted by molar-refractivity contribution is 6.33. The maximum Gasteiger partial charge on any atom is 0.0918 e. The molecule has 4 nitrogen and oxygen atoms in total. The van der Waals surface area contributed by atoms with Crippen LogP contribution in [0.1, 0.15) is 44.0 Å². The minimum Gasteiger partial charge on any atom is -0.383 e. The number of aryl methyl sites for hydroxylation is 1. The van der Waals surface area contributed by atoms with Gasteiger partial charge in [-0.1, -0.05) is 25.4 Å². The summed E-state index contributed by atoms with van der Waals surface area (Å²) in [6.45, 7) is 9.10. The summed E-state index contributed by atoms with van der Waals surface area (Å²) in [5.74, 6) is 0.401. The molecule has 0 aliphatic heterocycles. The molecule has 132 valence electrons. The molecule has 0 saturated heterocycles. The Balaban J connectivity index is 2.09. The predicted octanol–water partition coefficient (Wildman–Crippen LogP) is 5.39. The summed E-state index contributed by atoms with van der Waals surface area (Å²) in [5.41, 5.74) is 5.91. The fraction of sp³-hybridized carbons (Fsp3) is 0.400. The van der Waals surface area contributed by atoms with Crippen LogP contribution < -0.4 is 0 Å². The second-order valence-electron chi connectivity index (χ2n) is 6.84. The van der Waals surface area contributed by atoms with Gasteiger partial charge in [0.05, 0.1) is 34.4 Å². The number of halogens is 1. The highest BCUT2D eigenvalue weighted by Crippen LogP contribution is 2.32. The Labute approximate surface area is 153 Å². The molecule has 3 rings (SSSR count). The van der Waals surface area contributed by atoms with E-state index in [-0.39, 0.29) is 6.04 Å². The van der Waals surface area contributed by atoms with Gasteiger partial charge in [-0.05, 0) is 43.5 Å². The molecular formula is C20H24ClN3O. The Bertz CT molecular complexity index is 884. The summed E-state index contributed by atoms with van der Waals surface area (Å²) in [7, 11) is 1.71. The van der Waals surface area contributed by atoms with Crippen LogP contribution >= 0.6 is 11.6 Å². The number of hydrogen-bond acceptors (Lipinski definition) is 3. The van der Waals surface area contributed by atoms with Gasteiger partial charge >= 0.3 is 0 Å². The Hall–Kier alpha value is -1.91. The summed E-state index contributed by atoms with van der Waals surface area (Å²) in [6.07, 6.45) is 3.97. The van der Waals surface area contributed by atoms with Crippen LogP contribution in [-0.2, 0) is 4.74 Å². The van der Waals surface area contributed by atoms with Crippen molar-refractivity contribution in [1.29, 1.82) is 0 Å². The fourth-order valence-corrected chi connectivity index (χ4v) is 3.34. The maximum absolute atomic E-state index is 6.57. The van der Waals surface area contributed by atoms with Crippen molar-refractivity contribution in [2.45, 2.75) is 39.7 Å². The van der Waals surface area contributed by atoms with E-state index < -0.39 is 0 Å². The number of hydrogen-bond donors (Lipinski definition) is 0. The molecule has 0 spiro atoms. The van der Waals surface area contributed by atoms with Crippen molar-refractivity contribution in [3.8, 4) is 11.3 Å². The number of aromatic nitrogens is 3. The minimum atomic E-state index is 0.219. The summed E-state index contributed by atoms with van der Waals surface area (Å²) < 4.78 is 7.46. The number of fused-ring (bicyclic) bond motifs is 1. The van der Waals surface area contributed by atoms with Gasteiger partial charge in [0.1, 0.15) is 0 Å². The van der Waals surface area contributed by atoms with Gasteiger partial charge in [-0.3, -0.25) is 4.98 Å². The third-order valence-electron chi connectivity index (χ3n) is 4.47. The van der Waals surface area contributed by atoms with Crippen LogP contribution in [0.15, 0.2) is 30.6 Å². The molecule has 3 aromatic rings. The highest BCUT2D eigenvalue weighted by Gasteiger charge is 2.16. The quantitative estimate of drug-likeness (QED) is 0.614. The van der Waals surface area contributed by atoms with Gasteiger partial charge in [0.25, 0.3) is 0 Å². The molecule has 0 fully saturated rings. The van der Waals surface area contributed by atoms with E-state index in [0.29, 0.717) is 17.5 Å². The first-order valence-electron chi connectivity index (χ1n) is 8.55. The molecule has 25 heavy (non-hydrogen) atoms. The molecule has 0 aromatic carbocycles. The highest BCUT2D eigenvalue weighted by atomic mass is 35.5. The van der Waals surface area contributed by atoms with Crippen molar-refractivity contribution in [2.75, 3.05) is 13.7 Å². The molecule has 1 atom stereocenters. The van der Waals surface area contributed by atoms with Crippen LogP contribution in [0.2, 0.25) is 5.02 Å². The zero-order chi connectivity index (χ0) is 18.1. The standard InChI is InChI=1S/C20H24ClN3O/c1-12(2)17-7-6-15(9-22-17)20-16(21)8-18-19(23-20)13(3)10-24(18)14(4)11-25-5/h6-10,12,14H,11H2,1-5H3. The Morgan fingerprint density at radius 3 is 2.60 bits per heavy atom. The van der Waals surface area contributed by atoms with E-state index in [4.69, 9.17) is 21.3 Å². The number of pyridine rings is 2. The summed E-state index contributed by atoms with van der Waals surface area (Å²) in [4.78, 5) is 9.38. The second-order valence-corrected chi connectivity index (χ2v) is 7.24. The summed E-state index contributed by atoms with van der Waals surface area (Å²) >= 11 is 6.57. The maximum atomic E-state index is 6.57. The molecule has 0 N–H and O–H groups in total. The third-order valence-corrected chi connectivity index (χ3v) is 4.76. The van der Waals surface area contributed by atoms with Crippen molar-refractivity contribution < 1.29 is 4.74 Å². The molecule has 0 saturated carbocycles. The van der Waals surface area contributed by atoms with Crippen LogP contribution in [-0.4, -0.2) is 28.3 Å². The van der Waals surface area contributed by atoms with Crippen LogP contribution in [0.3, 0.4) is 0 Å². The zero-order valence-corrected chi connectivity index (χ0v) is 16.1. The Kier molecular flexibility index (Phi) is 5.11. The average molecular weight is 358 g/mol. The van der Waals surface area contributed by atoms with E-state index in [2.05, 4.69) is 43.4 Å². The lowest BCUT2D eigenvalue weighted by atomic mass is 10.1. The minimum absolute atomic E-state index is 0.219. The van der Waals surface area contributed by atoms with Crippen LogP contribution in [0.5, 0.6) is 0 Å². The molecule has 0 bridgehead atoms. The SMILES string of the molecule is COCC(C)n1cc(C)c2nc(-c3ccc(C(C)C)nc3)c(Cl)cc21. The largest absolute Gasteiger partial charge is 0.383 e. The molecule has 0 radical (unpaired) electrons. The Morgan fingerprint density at radius 2 is 2.00 bits per heavy atom. The van der Waals surface area contributed by atoms with Gasteiger partial charge in [0, 0.05) is 30.8 Å². The van der Waals surface area contributed by atoms with Gasteiger partial charge in [-0.15, -0.1) is 0 Å². The first-order valence-corrected chi connectivity index (χ1v) is 8.93. The van der Waals surface area contributed by atoms with Gasteiger partial charge in [-0.25, -0.2) is 4.98 Å². The molecule has 0 aliphatic carbocycles. The topological polar surface area (TPSA) is 39.9 Å². The van der Waals surface area contributed by atoms with Crippen LogP contribution in [0, 0.1) is 6.92 Å². The van der Waals surface area contributed by atoms with Crippen molar-refractivity contribution >= 4 is 22.6 Å². The second kappa shape index (κ2) is 7.14. The number of nitrogens with zero attached hydrogens (tertiary/aromatic N) is 3. The molecule has 0 amide bonds. The lowest BCUT2D eigenvalue weighted by molar-refractivity contribution is 0.164. The smallest absolute Gasteiger partial charge is 0.0918 e. The van der Waals surface area contributed by atoms with Crippen molar-refractivity contribution in [1.82, 2.24) is 14.5 Å². The molecule has 5 heteroatoms. The lowest BCUT2D eigenvalue weighted by Crippen LogP contribution is -2.09. The van der Waals surface area contributed by atoms with E-state index in [1.807, 2.05) is 24.4 Å². The molecule has 0 aliphatic rings. The van der Waals surface area contributed by atoms with Gasteiger partial charge in [-0.2, -0.15) is 0 Å². The number of ether oxygens (including phenoxy) is 1. The third kappa shape index (κ3) is 3.42. The monoisotopic (exact) mass is 357 g/mol. The van der Waals surface area contributed by atoms with E-state index in [0.717, 1.165) is 33.5 Å². The van der Waals surface area contributed by atoms with E-state index in [1.165, 1.54) is 0 Å². The number of rotatable bonds is 5. The van der Waals surface area contributed by atoms with Crippen LogP contribution in [0.4, 0.5) is 0 Å². The van der Waals surface area contributed by atoms with Gasteiger partial charge in [0.2, 0.25) is 0 Å². The van der Waals surface area contributed by atoms with Gasteiger partial charge < -0.3 is 9.30 Å². The molecule has 1 unspecified atom stereocenters. The lowest BCUT2D eigenvalue weighted by Gasteiger charge is -2.14. The molecular weight excluding hydrogens is 334 g/mol. The van der Waals surface area contributed by atoms with Crippen molar-refractivity contribution in [2.24, 2.45) is 0 Å². The Morgan fingerprint density at radius 1 is 1.24 bits per heavy atom. The first-order chi connectivity index (χ1) is 11.9.